The molecule has 1 N–H and O–H groups in total. The van der Waals surface area contributed by atoms with Gasteiger partial charge >= 0.3 is 6.09 Å². The standard InChI is InChI=1S/C15H30N2O3S/c1-12(21(5)19)10-16-11-13-6-8-17(9-7-13)14(18)20-15(2,3)4/h12-13,16H,6-11H2,1-5H3. The highest BCUT2D eigenvalue weighted by molar-refractivity contribution is 7.84. The highest BCUT2D eigenvalue weighted by atomic mass is 32.2. The third kappa shape index (κ3) is 7.27. The van der Waals surface area contributed by atoms with Crippen LogP contribution in [-0.4, -0.2) is 58.5 Å². The molecular weight excluding hydrogens is 288 g/mol. The summed E-state index contributed by atoms with van der Waals surface area (Å²) in [5.74, 6) is 0.584. The van der Waals surface area contributed by atoms with Crippen molar-refractivity contribution in [3.05, 3.63) is 0 Å². The van der Waals surface area contributed by atoms with Gasteiger partial charge in [-0.25, -0.2) is 4.79 Å². The van der Waals surface area contributed by atoms with E-state index in [2.05, 4.69) is 5.32 Å². The molecule has 21 heavy (non-hydrogen) atoms. The molecule has 1 aliphatic rings. The highest BCUT2D eigenvalue weighted by Gasteiger charge is 2.26. The van der Waals surface area contributed by atoms with Gasteiger partial charge in [-0.1, -0.05) is 0 Å². The first-order chi connectivity index (χ1) is 9.69. The number of hydrogen-bond acceptors (Lipinski definition) is 4. The van der Waals surface area contributed by atoms with Crippen LogP contribution in [0.4, 0.5) is 4.79 Å². The average Bonchev–Trinajstić information content (AvgIpc) is 2.37. The second-order valence-corrected chi connectivity index (χ2v) is 8.68. The van der Waals surface area contributed by atoms with Gasteiger partial charge in [0.2, 0.25) is 0 Å². The van der Waals surface area contributed by atoms with E-state index in [4.69, 9.17) is 4.74 Å². The topological polar surface area (TPSA) is 58.6 Å². The van der Waals surface area contributed by atoms with E-state index in [9.17, 15) is 9.00 Å². The second kappa shape index (κ2) is 8.13. The zero-order valence-corrected chi connectivity index (χ0v) is 14.8. The molecule has 0 aliphatic carbocycles. The Labute approximate surface area is 131 Å². The summed E-state index contributed by atoms with van der Waals surface area (Å²) in [6, 6.07) is 0. The van der Waals surface area contributed by atoms with Crippen molar-refractivity contribution in [3.63, 3.8) is 0 Å². The number of ether oxygens (including phenoxy) is 1. The van der Waals surface area contributed by atoms with Crippen molar-refractivity contribution in [1.29, 1.82) is 0 Å². The summed E-state index contributed by atoms with van der Waals surface area (Å²) in [5, 5.41) is 3.58. The number of carbonyl (C=O) groups excluding carboxylic acids is 1. The van der Waals surface area contributed by atoms with E-state index in [-0.39, 0.29) is 11.3 Å². The summed E-state index contributed by atoms with van der Waals surface area (Å²) in [4.78, 5) is 13.8. The fraction of sp³-hybridized carbons (Fsp3) is 0.933. The van der Waals surface area contributed by atoms with Gasteiger partial charge in [-0.3, -0.25) is 4.21 Å². The van der Waals surface area contributed by atoms with Crippen molar-refractivity contribution in [2.24, 2.45) is 5.92 Å². The van der Waals surface area contributed by atoms with Crippen molar-refractivity contribution < 1.29 is 13.7 Å². The van der Waals surface area contributed by atoms with Gasteiger partial charge in [-0.05, 0) is 53.0 Å². The summed E-state index contributed by atoms with van der Waals surface area (Å²) in [5.41, 5.74) is -0.429. The summed E-state index contributed by atoms with van der Waals surface area (Å²) in [6.45, 7) is 10.9. The number of piperidine rings is 1. The van der Waals surface area contributed by atoms with Crippen LogP contribution in [0.1, 0.15) is 40.5 Å². The Morgan fingerprint density at radius 1 is 1.38 bits per heavy atom. The number of nitrogens with one attached hydrogen (secondary N) is 1. The normalized spacial score (nSPS) is 20.1. The highest BCUT2D eigenvalue weighted by Crippen LogP contribution is 2.19. The van der Waals surface area contributed by atoms with Crippen LogP contribution in [0.2, 0.25) is 0 Å². The maximum Gasteiger partial charge on any atom is 0.410 e. The van der Waals surface area contributed by atoms with Crippen LogP contribution in [-0.2, 0) is 15.5 Å². The Balaban J connectivity index is 2.23. The lowest BCUT2D eigenvalue weighted by atomic mass is 9.97. The van der Waals surface area contributed by atoms with E-state index in [1.807, 2.05) is 27.7 Å². The molecule has 5 nitrogen and oxygen atoms in total. The van der Waals surface area contributed by atoms with Gasteiger partial charge in [0.05, 0.1) is 0 Å². The third-order valence-corrected chi connectivity index (χ3v) is 5.00. The molecule has 2 unspecified atom stereocenters. The first-order valence-corrected chi connectivity index (χ1v) is 9.32. The first-order valence-electron chi connectivity index (χ1n) is 7.70. The molecule has 0 aromatic heterocycles. The van der Waals surface area contributed by atoms with Gasteiger partial charge in [0.15, 0.2) is 0 Å². The van der Waals surface area contributed by atoms with E-state index in [1.165, 1.54) is 0 Å². The minimum Gasteiger partial charge on any atom is -0.444 e. The Kier molecular flexibility index (Phi) is 7.13. The minimum atomic E-state index is -0.770. The maximum absolute atomic E-state index is 12.0. The number of hydrogen-bond donors (Lipinski definition) is 1. The minimum absolute atomic E-state index is 0.187. The molecule has 1 amide bonds. The Bertz CT molecular complexity index is 360. The molecule has 1 heterocycles. The van der Waals surface area contributed by atoms with E-state index in [0.29, 0.717) is 5.92 Å². The van der Waals surface area contributed by atoms with E-state index in [1.54, 1.807) is 11.2 Å². The molecule has 1 saturated heterocycles. The number of rotatable bonds is 5. The van der Waals surface area contributed by atoms with Crippen LogP contribution >= 0.6 is 0 Å². The summed E-state index contributed by atoms with van der Waals surface area (Å²) in [7, 11) is -0.770. The van der Waals surface area contributed by atoms with E-state index >= 15 is 0 Å². The molecule has 1 fully saturated rings. The molecular formula is C15H30N2O3S. The summed E-state index contributed by atoms with van der Waals surface area (Å²) >= 11 is 0. The zero-order chi connectivity index (χ0) is 16.0. The third-order valence-electron chi connectivity index (χ3n) is 3.70. The summed E-state index contributed by atoms with van der Waals surface area (Å²) in [6.07, 6.45) is 3.53. The Morgan fingerprint density at radius 3 is 2.43 bits per heavy atom. The number of likely N-dealkylation sites (tertiary alicyclic amines) is 1. The molecule has 2 atom stereocenters. The van der Waals surface area contributed by atoms with Crippen LogP contribution in [0.25, 0.3) is 0 Å². The molecule has 0 bridgehead atoms. The molecule has 0 saturated carbocycles. The second-order valence-electron chi connectivity index (χ2n) is 6.88. The van der Waals surface area contributed by atoms with Gasteiger partial charge in [0, 0.05) is 41.9 Å². The molecule has 6 heteroatoms. The SMILES string of the molecule is CC(CNCC1CCN(C(=O)OC(C)(C)C)CC1)S(C)=O. The van der Waals surface area contributed by atoms with Crippen LogP contribution in [0.5, 0.6) is 0 Å². The maximum atomic E-state index is 12.0. The fourth-order valence-corrected chi connectivity index (χ4v) is 2.61. The van der Waals surface area contributed by atoms with E-state index in [0.717, 1.165) is 39.0 Å². The largest absolute Gasteiger partial charge is 0.444 e. The smallest absolute Gasteiger partial charge is 0.410 e. The van der Waals surface area contributed by atoms with E-state index < -0.39 is 16.4 Å². The van der Waals surface area contributed by atoms with Gasteiger partial charge in [-0.2, -0.15) is 0 Å². The number of nitrogens with zero attached hydrogens (tertiary/aromatic N) is 1. The quantitative estimate of drug-likeness (QED) is 0.842. The van der Waals surface area contributed by atoms with Gasteiger partial charge in [0.1, 0.15) is 5.60 Å². The Morgan fingerprint density at radius 2 is 1.95 bits per heavy atom. The van der Waals surface area contributed by atoms with Crippen molar-refractivity contribution in [1.82, 2.24) is 10.2 Å². The zero-order valence-electron chi connectivity index (χ0n) is 14.0. The Hall–Kier alpha value is -0.620. The predicted molar refractivity (Wildman–Crippen MR) is 86.9 cm³/mol. The molecule has 124 valence electrons. The van der Waals surface area contributed by atoms with Crippen LogP contribution < -0.4 is 5.32 Å². The molecule has 1 aliphatic heterocycles. The van der Waals surface area contributed by atoms with Crippen molar-refractivity contribution in [2.75, 3.05) is 32.4 Å². The molecule has 0 radical (unpaired) electrons. The van der Waals surface area contributed by atoms with Gasteiger partial charge in [-0.15, -0.1) is 0 Å². The van der Waals surface area contributed by atoms with Gasteiger partial charge in [0.25, 0.3) is 0 Å². The average molecular weight is 318 g/mol. The molecule has 1 rings (SSSR count). The number of carbonyl (C=O) groups is 1. The summed E-state index contributed by atoms with van der Waals surface area (Å²) < 4.78 is 16.7. The van der Waals surface area contributed by atoms with Crippen LogP contribution in [0.3, 0.4) is 0 Å². The lowest BCUT2D eigenvalue weighted by Gasteiger charge is -2.33. The molecule has 0 spiro atoms. The first kappa shape index (κ1) is 18.4. The van der Waals surface area contributed by atoms with Crippen LogP contribution in [0, 0.1) is 5.92 Å². The molecule has 0 aromatic rings. The van der Waals surface area contributed by atoms with Crippen molar-refractivity contribution in [2.45, 2.75) is 51.4 Å². The fourth-order valence-electron chi connectivity index (χ4n) is 2.25. The van der Waals surface area contributed by atoms with Crippen molar-refractivity contribution in [3.8, 4) is 0 Å². The van der Waals surface area contributed by atoms with Gasteiger partial charge < -0.3 is 15.0 Å². The predicted octanol–water partition coefficient (Wildman–Crippen LogP) is 1.99. The number of amides is 1. The van der Waals surface area contributed by atoms with Crippen LogP contribution in [0.15, 0.2) is 0 Å². The van der Waals surface area contributed by atoms with Crippen molar-refractivity contribution >= 4 is 16.9 Å². The lowest BCUT2D eigenvalue weighted by Crippen LogP contribution is -2.43. The monoisotopic (exact) mass is 318 g/mol. The molecule has 0 aromatic carbocycles. The lowest BCUT2D eigenvalue weighted by molar-refractivity contribution is 0.0184.